The summed E-state index contributed by atoms with van der Waals surface area (Å²) >= 11 is 0. The first-order valence-corrected chi connectivity index (χ1v) is 12.1. The molecule has 0 amide bonds. The van der Waals surface area contributed by atoms with Crippen LogP contribution in [0.3, 0.4) is 0 Å². The summed E-state index contributed by atoms with van der Waals surface area (Å²) in [5.74, 6) is -1.71. The molecule has 2 aliphatic rings. The Bertz CT molecular complexity index is 844. The zero-order chi connectivity index (χ0) is 23.4. The quantitative estimate of drug-likeness (QED) is 0.287. The van der Waals surface area contributed by atoms with Gasteiger partial charge in [-0.25, -0.2) is 4.79 Å². The number of esters is 1. The van der Waals surface area contributed by atoms with Gasteiger partial charge in [0.25, 0.3) is 0 Å². The third-order valence-corrected chi connectivity index (χ3v) is 7.03. The molecule has 1 aromatic carbocycles. The van der Waals surface area contributed by atoms with E-state index in [0.29, 0.717) is 6.61 Å². The molecule has 32 heavy (non-hydrogen) atoms. The number of carbonyl (C=O) groups excluding carboxylic acids is 1. The van der Waals surface area contributed by atoms with Gasteiger partial charge in [-0.05, 0) is 39.3 Å². The highest BCUT2D eigenvalue weighted by Crippen LogP contribution is 2.57. The van der Waals surface area contributed by atoms with E-state index in [1.54, 1.807) is 27.7 Å². The van der Waals surface area contributed by atoms with Crippen molar-refractivity contribution in [3.05, 3.63) is 47.3 Å². The molecular formula is C22H31O9P. The van der Waals surface area contributed by atoms with Crippen LogP contribution in [-0.2, 0) is 48.7 Å². The van der Waals surface area contributed by atoms with Crippen LogP contribution < -0.4 is 0 Å². The van der Waals surface area contributed by atoms with Gasteiger partial charge in [0.05, 0.1) is 26.9 Å². The fourth-order valence-corrected chi connectivity index (χ4v) is 5.34. The predicted octanol–water partition coefficient (Wildman–Crippen LogP) is 3.77. The number of benzene rings is 1. The lowest BCUT2D eigenvalue weighted by Gasteiger charge is -2.24. The topological polar surface area (TPSA) is 98.8 Å². The second-order valence-corrected chi connectivity index (χ2v) is 9.70. The zero-order valence-corrected chi connectivity index (χ0v) is 19.9. The zero-order valence-electron chi connectivity index (χ0n) is 19.0. The van der Waals surface area contributed by atoms with E-state index in [9.17, 15) is 9.36 Å². The van der Waals surface area contributed by atoms with Gasteiger partial charge in [0.1, 0.15) is 23.6 Å². The molecule has 1 aromatic rings. The monoisotopic (exact) mass is 470 g/mol. The highest BCUT2D eigenvalue weighted by Gasteiger charge is 2.56. The van der Waals surface area contributed by atoms with Crippen molar-refractivity contribution in [2.45, 2.75) is 64.7 Å². The Morgan fingerprint density at radius 3 is 2.31 bits per heavy atom. The average molecular weight is 470 g/mol. The SMILES string of the molecule is CCOP(=O)(OCC)/C(=C\[C@H]1O[C@H](OCc2ccccc2)[C@H]2OC(C)(C)O[C@H]21)[12C](=O)OC. The van der Waals surface area contributed by atoms with E-state index in [2.05, 4.69) is 0 Å². The van der Waals surface area contributed by atoms with Crippen molar-refractivity contribution in [3.63, 3.8) is 0 Å². The number of fused-ring (bicyclic) bond motifs is 1. The van der Waals surface area contributed by atoms with Gasteiger partial charge in [0.15, 0.2) is 12.1 Å². The normalized spacial score (nSPS) is 27.3. The van der Waals surface area contributed by atoms with Gasteiger partial charge >= 0.3 is 13.6 Å². The largest absolute Gasteiger partial charge is 0.465 e. The molecule has 0 bridgehead atoms. The summed E-state index contributed by atoms with van der Waals surface area (Å²) in [6.45, 7) is 7.35. The van der Waals surface area contributed by atoms with Crippen LogP contribution >= 0.6 is 7.60 Å². The Balaban J connectivity index is 1.88. The summed E-state index contributed by atoms with van der Waals surface area (Å²) in [6.07, 6.45) is -1.33. The fourth-order valence-electron chi connectivity index (χ4n) is 3.66. The fraction of sp³-hybridized carbons (Fsp3) is 0.591. The van der Waals surface area contributed by atoms with Crippen molar-refractivity contribution >= 4 is 13.6 Å². The third-order valence-electron chi connectivity index (χ3n) is 4.91. The second-order valence-electron chi connectivity index (χ2n) is 7.71. The first-order valence-electron chi connectivity index (χ1n) is 10.6. The number of hydrogen-bond acceptors (Lipinski definition) is 9. The highest BCUT2D eigenvalue weighted by atomic mass is 31.2. The molecule has 0 aliphatic carbocycles. The van der Waals surface area contributed by atoms with Crippen molar-refractivity contribution in [1.29, 1.82) is 0 Å². The van der Waals surface area contributed by atoms with Gasteiger partial charge in [-0.3, -0.25) is 4.57 Å². The lowest BCUT2D eigenvalue weighted by Crippen LogP contribution is -2.31. The van der Waals surface area contributed by atoms with Gasteiger partial charge in [-0.1, -0.05) is 30.3 Å². The van der Waals surface area contributed by atoms with Crippen LogP contribution in [0.25, 0.3) is 0 Å². The molecule has 0 aromatic heterocycles. The van der Waals surface area contributed by atoms with Crippen molar-refractivity contribution < 1.29 is 42.1 Å². The molecule has 0 radical (unpaired) electrons. The highest BCUT2D eigenvalue weighted by molar-refractivity contribution is 7.59. The molecule has 0 unspecified atom stereocenters. The van der Waals surface area contributed by atoms with Gasteiger partial charge in [0.2, 0.25) is 0 Å². The van der Waals surface area contributed by atoms with Crippen molar-refractivity contribution in [1.82, 2.24) is 0 Å². The van der Waals surface area contributed by atoms with Crippen LogP contribution in [0.5, 0.6) is 0 Å². The minimum absolute atomic E-state index is 0.0820. The average Bonchev–Trinajstić information content (AvgIpc) is 3.24. The summed E-state index contributed by atoms with van der Waals surface area (Å²) in [4.78, 5) is 12.5. The van der Waals surface area contributed by atoms with Crippen LogP contribution in [0.15, 0.2) is 41.7 Å². The summed E-state index contributed by atoms with van der Waals surface area (Å²) in [6, 6.07) is 9.64. The molecule has 0 saturated carbocycles. The maximum atomic E-state index is 13.3. The molecule has 178 valence electrons. The van der Waals surface area contributed by atoms with Gasteiger partial charge in [0, 0.05) is 0 Å². The Kier molecular flexibility index (Phi) is 8.27. The van der Waals surface area contributed by atoms with E-state index in [4.69, 9.17) is 32.7 Å². The molecule has 3 rings (SSSR count). The van der Waals surface area contributed by atoms with E-state index in [0.717, 1.165) is 5.56 Å². The second kappa shape index (κ2) is 10.6. The van der Waals surface area contributed by atoms with Crippen LogP contribution in [0, 0.1) is 0 Å². The van der Waals surface area contributed by atoms with E-state index in [1.807, 2.05) is 30.3 Å². The smallest absolute Gasteiger partial charge is 0.368 e. The van der Waals surface area contributed by atoms with Crippen molar-refractivity contribution in [3.8, 4) is 0 Å². The van der Waals surface area contributed by atoms with Crippen LogP contribution in [0.1, 0.15) is 33.3 Å². The third kappa shape index (κ3) is 5.66. The van der Waals surface area contributed by atoms with E-state index >= 15 is 0 Å². The molecule has 2 aliphatic heterocycles. The summed E-state index contributed by atoms with van der Waals surface area (Å²) in [5.41, 5.74) is 0.970. The first kappa shape index (κ1) is 25.1. The lowest BCUT2D eigenvalue weighted by atomic mass is 10.1. The van der Waals surface area contributed by atoms with E-state index in [1.165, 1.54) is 13.2 Å². The van der Waals surface area contributed by atoms with E-state index < -0.39 is 44.0 Å². The Morgan fingerprint density at radius 2 is 1.72 bits per heavy atom. The van der Waals surface area contributed by atoms with E-state index in [-0.39, 0.29) is 18.5 Å². The molecule has 10 heteroatoms. The molecule has 2 saturated heterocycles. The Hall–Kier alpha value is -1.58. The Morgan fingerprint density at radius 1 is 1.09 bits per heavy atom. The molecule has 0 N–H and O–H groups in total. The van der Waals surface area contributed by atoms with Crippen LogP contribution in [0.2, 0.25) is 0 Å². The molecule has 4 atom stereocenters. The number of ether oxygens (including phenoxy) is 5. The lowest BCUT2D eigenvalue weighted by molar-refractivity contribution is -0.231. The summed E-state index contributed by atoms with van der Waals surface area (Å²) in [5, 5.41) is -0.246. The van der Waals surface area contributed by atoms with Crippen molar-refractivity contribution in [2.24, 2.45) is 0 Å². The maximum Gasteiger partial charge on any atom is 0.368 e. The summed E-state index contributed by atoms with van der Waals surface area (Å²) in [7, 11) is -2.74. The first-order chi connectivity index (χ1) is 15.2. The molecule has 2 heterocycles. The van der Waals surface area contributed by atoms with Crippen molar-refractivity contribution in [2.75, 3.05) is 20.3 Å². The molecular weight excluding hydrogens is 439 g/mol. The number of rotatable bonds is 10. The standard InChI is InChI=1S/C22H31O9P/c1-6-27-32(24,28-7-2)17(20(23)25-5)13-16-18-19(31-22(3,4)30-18)21(29-16)26-14-15-11-9-8-10-12-15/h8-13,16,18-19,21H,6-7,14H2,1-5H3/b17-13-/t16-,18+,19+,21+/m1/s1/i20+0. The number of carbonyl (C=O) groups is 1. The minimum Gasteiger partial charge on any atom is -0.465 e. The maximum absolute atomic E-state index is 13.3. The minimum atomic E-state index is -3.94. The van der Waals surface area contributed by atoms with Crippen LogP contribution in [0.4, 0.5) is 0 Å². The van der Waals surface area contributed by atoms with Gasteiger partial charge < -0.3 is 32.7 Å². The van der Waals surface area contributed by atoms with Gasteiger partial charge in [-0.15, -0.1) is 0 Å². The molecule has 0 spiro atoms. The van der Waals surface area contributed by atoms with Gasteiger partial charge in [-0.2, -0.15) is 0 Å². The predicted molar refractivity (Wildman–Crippen MR) is 115 cm³/mol. The summed E-state index contributed by atoms with van der Waals surface area (Å²) < 4.78 is 52.9. The van der Waals surface area contributed by atoms with Crippen LogP contribution in [-0.4, -0.2) is 56.7 Å². The molecule has 9 nitrogen and oxygen atoms in total. The Labute approximate surface area is 188 Å². The number of hydrogen-bond donors (Lipinski definition) is 0. The molecule has 2 fully saturated rings. The number of methoxy groups -OCH3 is 1.